The molecule has 0 spiro atoms. The molecule has 4 rings (SSSR count). The lowest BCUT2D eigenvalue weighted by atomic mass is 10.0. The van der Waals surface area contributed by atoms with Crippen molar-refractivity contribution in [2.75, 3.05) is 14.2 Å². The lowest BCUT2D eigenvalue weighted by molar-refractivity contribution is -0.143. The quantitative estimate of drug-likeness (QED) is 0.463. The van der Waals surface area contributed by atoms with Crippen LogP contribution in [0.4, 0.5) is 4.39 Å². The zero-order chi connectivity index (χ0) is 26.4. The molecule has 9 nitrogen and oxygen atoms in total. The molecule has 2 atom stereocenters. The number of fused-ring (bicyclic) bond motifs is 1. The summed E-state index contributed by atoms with van der Waals surface area (Å²) in [6.45, 7) is 3.67. The van der Waals surface area contributed by atoms with Crippen molar-refractivity contribution in [1.82, 2.24) is 14.7 Å². The van der Waals surface area contributed by atoms with E-state index in [2.05, 4.69) is 5.10 Å². The minimum Gasteiger partial charge on any atom is -0.495 e. The molecule has 2 unspecified atom stereocenters. The average molecular weight is 495 g/mol. The van der Waals surface area contributed by atoms with Crippen molar-refractivity contribution in [3.63, 3.8) is 0 Å². The Hall–Kier alpha value is -4.21. The van der Waals surface area contributed by atoms with Gasteiger partial charge in [0.25, 0.3) is 0 Å². The number of rotatable bonds is 8. The van der Waals surface area contributed by atoms with E-state index in [1.165, 1.54) is 30.2 Å². The van der Waals surface area contributed by atoms with E-state index in [9.17, 15) is 23.9 Å². The molecule has 3 aromatic rings. The Kier molecular flexibility index (Phi) is 6.30. The fourth-order valence-electron chi connectivity index (χ4n) is 4.40. The molecule has 1 aromatic heterocycles. The van der Waals surface area contributed by atoms with E-state index in [0.717, 1.165) is 0 Å². The van der Waals surface area contributed by atoms with Gasteiger partial charge >= 0.3 is 5.97 Å². The number of hydrogen-bond donors (Lipinski definition) is 2. The van der Waals surface area contributed by atoms with Crippen LogP contribution in [-0.2, 0) is 9.59 Å². The normalized spacial score (nSPS) is 19.1. The Labute approximate surface area is 206 Å². The first-order valence-electron chi connectivity index (χ1n) is 11.4. The van der Waals surface area contributed by atoms with Gasteiger partial charge < -0.3 is 20.5 Å². The number of nitrogens with two attached hydrogens (primary N) is 1. The van der Waals surface area contributed by atoms with Crippen molar-refractivity contribution in [3.8, 4) is 5.75 Å². The summed E-state index contributed by atoms with van der Waals surface area (Å²) in [5.41, 5.74) is 5.77. The van der Waals surface area contributed by atoms with Gasteiger partial charge in [0.2, 0.25) is 11.8 Å². The summed E-state index contributed by atoms with van der Waals surface area (Å²) in [6, 6.07) is 7.99. The summed E-state index contributed by atoms with van der Waals surface area (Å²) < 4.78 is 20.3. The summed E-state index contributed by atoms with van der Waals surface area (Å²) in [4.78, 5) is 39.2. The molecule has 10 heteroatoms. The molecule has 2 aromatic carbocycles. The molecule has 0 saturated heterocycles. The second-order valence-electron chi connectivity index (χ2n) is 9.13. The van der Waals surface area contributed by atoms with Crippen LogP contribution >= 0.6 is 0 Å². The third kappa shape index (κ3) is 3.98. The maximum atomic E-state index is 13.3. The minimum atomic E-state index is -1.46. The number of aromatic carboxylic acids is 1. The van der Waals surface area contributed by atoms with E-state index in [1.54, 1.807) is 42.1 Å². The van der Waals surface area contributed by atoms with E-state index in [4.69, 9.17) is 10.5 Å². The number of halogens is 1. The van der Waals surface area contributed by atoms with Crippen LogP contribution in [0.25, 0.3) is 23.1 Å². The number of amides is 2. The largest absolute Gasteiger partial charge is 0.495 e. The Morgan fingerprint density at radius 2 is 1.89 bits per heavy atom. The third-order valence-corrected chi connectivity index (χ3v) is 6.73. The molecule has 2 amide bonds. The predicted molar refractivity (Wildman–Crippen MR) is 132 cm³/mol. The highest BCUT2D eigenvalue weighted by Gasteiger charge is 2.67. The molecule has 188 valence electrons. The molecule has 1 heterocycles. The maximum Gasteiger partial charge on any atom is 0.339 e. The van der Waals surface area contributed by atoms with E-state index in [-0.39, 0.29) is 29.6 Å². The summed E-state index contributed by atoms with van der Waals surface area (Å²) in [5.74, 6) is -2.59. The lowest BCUT2D eigenvalue weighted by Crippen LogP contribution is -2.45. The molecule has 1 aliphatic carbocycles. The number of aromatic nitrogens is 2. The van der Waals surface area contributed by atoms with Gasteiger partial charge in [0, 0.05) is 13.1 Å². The van der Waals surface area contributed by atoms with Crippen molar-refractivity contribution in [1.29, 1.82) is 0 Å². The number of carboxylic acid groups (broad SMARTS) is 1. The highest BCUT2D eigenvalue weighted by Crippen LogP contribution is 2.58. The van der Waals surface area contributed by atoms with Crippen LogP contribution in [0, 0.1) is 11.2 Å². The second-order valence-corrected chi connectivity index (χ2v) is 9.13. The number of methoxy groups -OCH3 is 1. The fourth-order valence-corrected chi connectivity index (χ4v) is 4.40. The second kappa shape index (κ2) is 9.10. The number of carboxylic acids is 1. The van der Waals surface area contributed by atoms with E-state index in [0.29, 0.717) is 22.2 Å². The number of hydrogen-bond acceptors (Lipinski definition) is 5. The van der Waals surface area contributed by atoms with Crippen LogP contribution < -0.4 is 10.5 Å². The molecule has 0 bridgehead atoms. The number of ether oxygens (including phenoxy) is 1. The van der Waals surface area contributed by atoms with Gasteiger partial charge in [-0.05, 0) is 56.2 Å². The molecule has 36 heavy (non-hydrogen) atoms. The number of benzene rings is 2. The van der Waals surface area contributed by atoms with Crippen molar-refractivity contribution in [2.24, 2.45) is 11.1 Å². The van der Waals surface area contributed by atoms with Crippen molar-refractivity contribution in [3.05, 3.63) is 59.0 Å². The van der Waals surface area contributed by atoms with Crippen molar-refractivity contribution in [2.45, 2.75) is 32.4 Å². The zero-order valence-corrected chi connectivity index (χ0v) is 20.4. The topological polar surface area (TPSA) is 128 Å². The SMILES string of the molecule is COc1c(C(=O)O)ccc2c1c(C=Cc1ccc(F)cc1)nn2C1CC1(C(N)=O)C(=O)N(C)C(C)C. The summed E-state index contributed by atoms with van der Waals surface area (Å²) in [7, 11) is 2.98. The Morgan fingerprint density at radius 1 is 1.22 bits per heavy atom. The van der Waals surface area contributed by atoms with Gasteiger partial charge in [-0.25, -0.2) is 9.18 Å². The van der Waals surface area contributed by atoms with Crippen molar-refractivity contribution < 1.29 is 28.6 Å². The maximum absolute atomic E-state index is 13.3. The highest BCUT2D eigenvalue weighted by atomic mass is 19.1. The smallest absolute Gasteiger partial charge is 0.339 e. The van der Waals surface area contributed by atoms with Crippen LogP contribution in [0.1, 0.15) is 47.9 Å². The van der Waals surface area contributed by atoms with Gasteiger partial charge in [0.1, 0.15) is 17.1 Å². The van der Waals surface area contributed by atoms with Gasteiger partial charge in [-0.1, -0.05) is 18.2 Å². The molecular formula is C26H27FN4O5. The van der Waals surface area contributed by atoms with Gasteiger partial charge in [0.15, 0.2) is 5.41 Å². The molecule has 0 radical (unpaired) electrons. The Balaban J connectivity index is 1.89. The summed E-state index contributed by atoms with van der Waals surface area (Å²) >= 11 is 0. The fraction of sp³-hybridized carbons (Fsp3) is 0.308. The molecule has 0 aliphatic heterocycles. The molecular weight excluding hydrogens is 467 g/mol. The van der Waals surface area contributed by atoms with Gasteiger partial charge in [-0.3, -0.25) is 14.3 Å². The minimum absolute atomic E-state index is 0.0615. The lowest BCUT2D eigenvalue weighted by Gasteiger charge is -2.26. The number of nitrogens with zero attached hydrogens (tertiary/aromatic N) is 3. The van der Waals surface area contributed by atoms with E-state index >= 15 is 0 Å². The predicted octanol–water partition coefficient (Wildman–Crippen LogP) is 3.34. The third-order valence-electron chi connectivity index (χ3n) is 6.73. The summed E-state index contributed by atoms with van der Waals surface area (Å²) in [5, 5.41) is 14.7. The number of primary amides is 1. The molecule has 1 fully saturated rings. The molecule has 1 saturated carbocycles. The van der Waals surface area contributed by atoms with Gasteiger partial charge in [0.05, 0.1) is 29.7 Å². The average Bonchev–Trinajstić information content (AvgIpc) is 3.50. The van der Waals surface area contributed by atoms with Crippen LogP contribution in [0.2, 0.25) is 0 Å². The van der Waals surface area contributed by atoms with Crippen LogP contribution in [-0.4, -0.2) is 57.8 Å². The number of carbonyl (C=O) groups excluding carboxylic acids is 2. The van der Waals surface area contributed by atoms with E-state index in [1.807, 2.05) is 13.8 Å². The highest BCUT2D eigenvalue weighted by molar-refractivity contribution is 6.09. The molecule has 3 N–H and O–H groups in total. The first-order chi connectivity index (χ1) is 17.0. The standard InChI is InChI=1S/C26H27FN4O5/c1-14(2)30(3)25(35)26(24(28)34)13-20(26)31-19-12-10-17(23(32)33)22(36-4)21(19)18(29-31)11-7-15-5-8-16(27)9-6-15/h5-12,14,20H,13H2,1-4H3,(H2,28,34)(H,32,33). The monoisotopic (exact) mass is 494 g/mol. The van der Waals surface area contributed by atoms with Crippen LogP contribution in [0.3, 0.4) is 0 Å². The first kappa shape index (κ1) is 24.9. The first-order valence-corrected chi connectivity index (χ1v) is 11.4. The Morgan fingerprint density at radius 3 is 2.44 bits per heavy atom. The Bertz CT molecular complexity index is 1400. The zero-order valence-electron chi connectivity index (χ0n) is 20.4. The van der Waals surface area contributed by atoms with Crippen LogP contribution in [0.15, 0.2) is 36.4 Å². The van der Waals surface area contributed by atoms with Crippen LogP contribution in [0.5, 0.6) is 5.75 Å². The molecule has 1 aliphatic rings. The van der Waals surface area contributed by atoms with E-state index < -0.39 is 29.2 Å². The van der Waals surface area contributed by atoms with Gasteiger partial charge in [-0.2, -0.15) is 5.10 Å². The van der Waals surface area contributed by atoms with Gasteiger partial charge in [-0.15, -0.1) is 0 Å². The number of carbonyl (C=O) groups is 3. The van der Waals surface area contributed by atoms with Crippen molar-refractivity contribution >= 4 is 40.8 Å². The summed E-state index contributed by atoms with van der Waals surface area (Å²) in [6.07, 6.45) is 3.51.